The van der Waals surface area contributed by atoms with E-state index in [2.05, 4.69) is 24.3 Å². The van der Waals surface area contributed by atoms with Crippen LogP contribution in [0.3, 0.4) is 0 Å². The Bertz CT molecular complexity index is 1480. The van der Waals surface area contributed by atoms with Crippen LogP contribution < -0.4 is 18.9 Å². The largest absolute Gasteiger partial charge is 0.491 e. The molecule has 4 saturated heterocycles. The molecule has 4 aliphatic rings. The number of hydrogen-bond donors (Lipinski definition) is 0. The number of hydrogen-bond acceptors (Lipinski definition) is 8. The molecule has 0 aromatic heterocycles. The summed E-state index contributed by atoms with van der Waals surface area (Å²) in [5.74, 6) is 2.91. The summed E-state index contributed by atoms with van der Waals surface area (Å²) in [5.41, 5.74) is 1.70. The van der Waals surface area contributed by atoms with Crippen LogP contribution in [0.4, 0.5) is 0 Å². The first-order valence-corrected chi connectivity index (χ1v) is 14.9. The summed E-state index contributed by atoms with van der Waals surface area (Å²) >= 11 is 7.60. The molecule has 4 atom stereocenters. The van der Waals surface area contributed by atoms with E-state index in [-0.39, 0.29) is 24.4 Å². The molecule has 4 aliphatic heterocycles. The molecule has 9 heteroatoms. The molecule has 0 saturated carbocycles. The third-order valence-electron chi connectivity index (χ3n) is 7.83. The molecule has 4 aromatic rings. The van der Waals surface area contributed by atoms with Gasteiger partial charge in [0.2, 0.25) is 0 Å². The molecule has 0 aliphatic carbocycles. The van der Waals surface area contributed by atoms with Gasteiger partial charge in [-0.05, 0) is 57.9 Å². The van der Waals surface area contributed by atoms with Crippen molar-refractivity contribution in [1.82, 2.24) is 0 Å². The molecular weight excluding hydrogens is 560 g/mol. The monoisotopic (exact) mass is 590 g/mol. The Morgan fingerprint density at radius 2 is 0.905 bits per heavy atom. The molecule has 42 heavy (non-hydrogen) atoms. The third-order valence-corrected chi connectivity index (χ3v) is 8.26. The second-order valence-electron chi connectivity index (χ2n) is 11.1. The van der Waals surface area contributed by atoms with E-state index in [0.29, 0.717) is 51.1 Å². The highest BCUT2D eigenvalue weighted by atomic mass is 35.5. The summed E-state index contributed by atoms with van der Waals surface area (Å²) in [6.07, 6.45) is 0.507. The summed E-state index contributed by atoms with van der Waals surface area (Å²) in [7, 11) is 0. The SMILES string of the molecule is ClC(c1c(OCC2CO2)ccc2ccc(OCC3CO3)cc12)c1c(OCC2CO2)ccc2ccc(OCC3CO3)cc12. The van der Waals surface area contributed by atoms with Crippen LogP contribution in [0.2, 0.25) is 0 Å². The molecule has 218 valence electrons. The Morgan fingerprint density at radius 3 is 1.29 bits per heavy atom. The maximum Gasteiger partial charge on any atom is 0.125 e. The molecule has 0 radical (unpaired) electrons. The molecule has 0 N–H and O–H groups in total. The topological polar surface area (TPSA) is 87.0 Å². The smallest absolute Gasteiger partial charge is 0.125 e. The minimum absolute atomic E-state index is 0.0978. The minimum atomic E-state index is -0.619. The molecule has 0 spiro atoms. The maximum absolute atomic E-state index is 7.60. The van der Waals surface area contributed by atoms with Crippen LogP contribution in [0, 0.1) is 0 Å². The second kappa shape index (κ2) is 11.1. The average Bonchev–Trinajstić information content (AvgIpc) is 3.84. The molecule has 8 rings (SSSR count). The normalized spacial score (nSPS) is 24.3. The Balaban J connectivity index is 1.24. The van der Waals surface area contributed by atoms with Crippen molar-refractivity contribution in [2.75, 3.05) is 52.9 Å². The van der Waals surface area contributed by atoms with E-state index in [1.54, 1.807) is 0 Å². The molecule has 4 unspecified atom stereocenters. The van der Waals surface area contributed by atoms with E-state index in [1.165, 1.54) is 0 Å². The first-order valence-electron chi connectivity index (χ1n) is 14.4. The number of fused-ring (bicyclic) bond motifs is 2. The summed E-state index contributed by atoms with van der Waals surface area (Å²) in [6.45, 7) is 4.81. The van der Waals surface area contributed by atoms with Gasteiger partial charge in [0, 0.05) is 11.1 Å². The molecule has 4 heterocycles. The van der Waals surface area contributed by atoms with Crippen molar-refractivity contribution < 1.29 is 37.9 Å². The van der Waals surface area contributed by atoms with Crippen LogP contribution in [-0.4, -0.2) is 77.3 Å². The van der Waals surface area contributed by atoms with Crippen molar-refractivity contribution in [1.29, 1.82) is 0 Å². The lowest BCUT2D eigenvalue weighted by Gasteiger charge is -2.23. The average molecular weight is 591 g/mol. The van der Waals surface area contributed by atoms with Crippen LogP contribution in [0.25, 0.3) is 21.5 Å². The predicted octanol–water partition coefficient (Wildman–Crippen LogP) is 5.43. The van der Waals surface area contributed by atoms with E-state index in [0.717, 1.165) is 57.4 Å². The van der Waals surface area contributed by atoms with E-state index >= 15 is 0 Å². The highest BCUT2D eigenvalue weighted by molar-refractivity contribution is 6.25. The lowest BCUT2D eigenvalue weighted by Crippen LogP contribution is -2.10. The van der Waals surface area contributed by atoms with Gasteiger partial charge in [-0.25, -0.2) is 0 Å². The maximum atomic E-state index is 7.60. The summed E-state index contributed by atoms with van der Waals surface area (Å²) in [5, 5.41) is 3.34. The van der Waals surface area contributed by atoms with Gasteiger partial charge in [0.25, 0.3) is 0 Å². The zero-order valence-electron chi connectivity index (χ0n) is 23.0. The van der Waals surface area contributed by atoms with E-state index in [4.69, 9.17) is 49.5 Å². The van der Waals surface area contributed by atoms with Crippen LogP contribution in [0.15, 0.2) is 60.7 Å². The van der Waals surface area contributed by atoms with Crippen molar-refractivity contribution in [3.8, 4) is 23.0 Å². The van der Waals surface area contributed by atoms with Gasteiger partial charge in [-0.2, -0.15) is 0 Å². The van der Waals surface area contributed by atoms with Gasteiger partial charge in [0.15, 0.2) is 0 Å². The summed E-state index contributed by atoms with van der Waals surface area (Å²) in [6, 6.07) is 20.2. The predicted molar refractivity (Wildman–Crippen MR) is 157 cm³/mol. The van der Waals surface area contributed by atoms with Crippen LogP contribution >= 0.6 is 11.6 Å². The number of ether oxygens (including phenoxy) is 8. The van der Waals surface area contributed by atoms with E-state index in [1.807, 2.05) is 36.4 Å². The van der Waals surface area contributed by atoms with Crippen molar-refractivity contribution in [3.05, 3.63) is 71.8 Å². The van der Waals surface area contributed by atoms with Gasteiger partial charge in [-0.1, -0.05) is 24.3 Å². The Kier molecular flexibility index (Phi) is 6.97. The second-order valence-corrected chi connectivity index (χ2v) is 11.6. The third kappa shape index (κ3) is 5.96. The number of halogens is 1. The van der Waals surface area contributed by atoms with Crippen LogP contribution in [-0.2, 0) is 18.9 Å². The van der Waals surface area contributed by atoms with Crippen molar-refractivity contribution in [2.24, 2.45) is 0 Å². The zero-order chi connectivity index (χ0) is 28.0. The number of alkyl halides is 1. The van der Waals surface area contributed by atoms with E-state index < -0.39 is 5.38 Å². The fraction of sp³-hybridized carbons (Fsp3) is 0.394. The molecule has 0 amide bonds. The van der Waals surface area contributed by atoms with Crippen LogP contribution in [0.5, 0.6) is 23.0 Å². The van der Waals surface area contributed by atoms with Gasteiger partial charge in [0.05, 0.1) is 31.8 Å². The Morgan fingerprint density at radius 1 is 0.548 bits per heavy atom. The van der Waals surface area contributed by atoms with Crippen molar-refractivity contribution >= 4 is 33.1 Å². The lowest BCUT2D eigenvalue weighted by atomic mass is 9.92. The highest BCUT2D eigenvalue weighted by Gasteiger charge is 2.30. The van der Waals surface area contributed by atoms with Gasteiger partial charge in [-0.15, -0.1) is 11.6 Å². The lowest BCUT2D eigenvalue weighted by molar-refractivity contribution is 0.259. The quantitative estimate of drug-likeness (QED) is 0.142. The first kappa shape index (κ1) is 26.4. The standard InChI is InChI=1S/C33H31ClO8/c34-33(31-27-9-21(35-11-23-13-37-23)5-1-19(27)3-7-29(31)41-17-25-15-39-25)32-28-10-22(36-12-24-14-38-24)6-2-20(28)4-8-30(32)42-18-26-16-40-26/h1-10,23-26,33H,11-18H2. The molecule has 4 aromatic carbocycles. The minimum Gasteiger partial charge on any atom is -0.491 e. The van der Waals surface area contributed by atoms with Gasteiger partial charge < -0.3 is 37.9 Å². The molecule has 8 nitrogen and oxygen atoms in total. The molecule has 4 fully saturated rings. The summed E-state index contributed by atoms with van der Waals surface area (Å²) in [4.78, 5) is 0. The van der Waals surface area contributed by atoms with E-state index in [9.17, 15) is 0 Å². The number of rotatable bonds is 14. The Labute approximate surface area is 248 Å². The van der Waals surface area contributed by atoms with Crippen molar-refractivity contribution in [3.63, 3.8) is 0 Å². The van der Waals surface area contributed by atoms with Gasteiger partial charge in [0.1, 0.15) is 73.8 Å². The fourth-order valence-corrected chi connectivity index (χ4v) is 5.55. The molecular formula is C33H31ClO8. The zero-order valence-corrected chi connectivity index (χ0v) is 23.7. The number of epoxide rings is 4. The summed E-state index contributed by atoms with van der Waals surface area (Å²) < 4.78 is 46.4. The van der Waals surface area contributed by atoms with Gasteiger partial charge >= 0.3 is 0 Å². The highest BCUT2D eigenvalue weighted by Crippen LogP contribution is 2.47. The van der Waals surface area contributed by atoms with Gasteiger partial charge in [-0.3, -0.25) is 0 Å². The first-order chi connectivity index (χ1) is 20.7. The number of benzene rings is 4. The molecule has 0 bridgehead atoms. The van der Waals surface area contributed by atoms with Crippen LogP contribution in [0.1, 0.15) is 16.5 Å². The fourth-order valence-electron chi connectivity index (χ4n) is 5.10. The van der Waals surface area contributed by atoms with Crippen molar-refractivity contribution in [2.45, 2.75) is 29.8 Å². The Hall–Kier alpha value is -3.27.